The Bertz CT molecular complexity index is 1490. The summed E-state index contributed by atoms with van der Waals surface area (Å²) in [5.41, 5.74) is 0. The van der Waals surface area contributed by atoms with Gasteiger partial charge in [0.25, 0.3) is 0 Å². The molecule has 0 aromatic heterocycles. The van der Waals surface area contributed by atoms with E-state index in [-0.39, 0.29) is 31.1 Å². The van der Waals surface area contributed by atoms with E-state index in [9.17, 15) is 14.4 Å². The standard InChI is InChI=1S/C67H112O6/c1-4-7-10-13-16-19-21-23-24-25-26-27-28-29-30-31-32-33-34-35-36-37-38-39-40-41-42-43-44-45-47-48-51-54-57-60-66(69)72-63-64(62-71-65(68)59-56-53-50-18-15-12-9-6-3)73-67(70)61-58-55-52-49-46-22-20-17-14-11-8-5-2/h7,10,16-17,19-20,23-24,26-27,29-30,32-33,35-36,38-39,64H,4-6,8-9,11-15,18,21-22,25,28,31,34,37,40-63H2,1-3H3/b10-7-,19-16-,20-17-,24-23-,27-26-,30-29-,33-32-,36-35-,39-38-. The Hall–Kier alpha value is -3.93. The molecule has 0 aromatic carbocycles. The predicted molar refractivity (Wildman–Crippen MR) is 316 cm³/mol. The Morgan fingerprint density at radius 1 is 0.288 bits per heavy atom. The van der Waals surface area contributed by atoms with Crippen molar-refractivity contribution in [1.82, 2.24) is 0 Å². The van der Waals surface area contributed by atoms with Crippen molar-refractivity contribution < 1.29 is 28.6 Å². The average molecular weight is 1010 g/mol. The highest BCUT2D eigenvalue weighted by atomic mass is 16.6. The third-order valence-corrected chi connectivity index (χ3v) is 12.8. The topological polar surface area (TPSA) is 78.9 Å². The van der Waals surface area contributed by atoms with Crippen LogP contribution in [0, 0.1) is 0 Å². The summed E-state index contributed by atoms with van der Waals surface area (Å²) in [5, 5.41) is 0. The molecule has 0 saturated heterocycles. The fraction of sp³-hybridized carbons (Fsp3) is 0.687. The lowest BCUT2D eigenvalue weighted by molar-refractivity contribution is -0.167. The molecule has 6 nitrogen and oxygen atoms in total. The van der Waals surface area contributed by atoms with Gasteiger partial charge in [0.05, 0.1) is 0 Å². The van der Waals surface area contributed by atoms with Crippen molar-refractivity contribution >= 4 is 17.9 Å². The highest BCUT2D eigenvalue weighted by molar-refractivity contribution is 5.71. The summed E-state index contributed by atoms with van der Waals surface area (Å²) in [6, 6.07) is 0. The lowest BCUT2D eigenvalue weighted by Gasteiger charge is -2.18. The number of rotatable bonds is 54. The Kier molecular flexibility index (Phi) is 57.4. The number of carbonyl (C=O) groups excluding carboxylic acids is 3. The first-order chi connectivity index (χ1) is 36.0. The van der Waals surface area contributed by atoms with Crippen molar-refractivity contribution in [2.75, 3.05) is 13.2 Å². The third kappa shape index (κ3) is 58.8. The normalized spacial score (nSPS) is 12.9. The second-order valence-corrected chi connectivity index (χ2v) is 19.9. The van der Waals surface area contributed by atoms with Gasteiger partial charge in [0.15, 0.2) is 6.10 Å². The largest absolute Gasteiger partial charge is 0.462 e. The maximum Gasteiger partial charge on any atom is 0.306 e. The molecule has 416 valence electrons. The minimum Gasteiger partial charge on any atom is -0.462 e. The zero-order chi connectivity index (χ0) is 52.9. The van der Waals surface area contributed by atoms with E-state index in [1.165, 1.54) is 116 Å². The summed E-state index contributed by atoms with van der Waals surface area (Å²) in [6.07, 6.45) is 82.6. The van der Waals surface area contributed by atoms with Crippen molar-refractivity contribution in [3.63, 3.8) is 0 Å². The van der Waals surface area contributed by atoms with Gasteiger partial charge in [-0.15, -0.1) is 0 Å². The molecule has 0 saturated carbocycles. The van der Waals surface area contributed by atoms with Gasteiger partial charge >= 0.3 is 17.9 Å². The highest BCUT2D eigenvalue weighted by Gasteiger charge is 2.19. The fourth-order valence-corrected chi connectivity index (χ4v) is 8.22. The Balaban J connectivity index is 4.08. The van der Waals surface area contributed by atoms with E-state index < -0.39 is 6.10 Å². The van der Waals surface area contributed by atoms with E-state index in [0.29, 0.717) is 19.3 Å². The number of esters is 3. The molecule has 6 heteroatoms. The average Bonchev–Trinajstić information content (AvgIpc) is 3.39. The van der Waals surface area contributed by atoms with E-state index in [0.717, 1.165) is 122 Å². The van der Waals surface area contributed by atoms with Crippen LogP contribution in [0.25, 0.3) is 0 Å². The molecule has 0 radical (unpaired) electrons. The molecular formula is C67H112O6. The van der Waals surface area contributed by atoms with Gasteiger partial charge in [0.1, 0.15) is 13.2 Å². The SMILES string of the molecule is CC/C=C\C/C=C\C/C=C\C/C=C\C/C=C\C/C=C\C/C=C\C/C=C\CCCCCCCCCCCCC(=O)OCC(COC(=O)CCCCCCCCCC)OC(=O)CCCCCCC/C=C\CCCCC. The summed E-state index contributed by atoms with van der Waals surface area (Å²) in [5.74, 6) is -0.897. The second-order valence-electron chi connectivity index (χ2n) is 19.9. The summed E-state index contributed by atoms with van der Waals surface area (Å²) >= 11 is 0. The summed E-state index contributed by atoms with van der Waals surface area (Å²) in [6.45, 7) is 6.46. The Morgan fingerprint density at radius 3 is 0.877 bits per heavy atom. The number of unbranched alkanes of at least 4 members (excludes halogenated alkanes) is 25. The molecule has 0 bridgehead atoms. The molecule has 0 spiro atoms. The zero-order valence-corrected chi connectivity index (χ0v) is 47.6. The smallest absolute Gasteiger partial charge is 0.306 e. The number of hydrogen-bond donors (Lipinski definition) is 0. The van der Waals surface area contributed by atoms with E-state index in [4.69, 9.17) is 14.2 Å². The summed E-state index contributed by atoms with van der Waals surface area (Å²) in [7, 11) is 0. The van der Waals surface area contributed by atoms with Crippen LogP contribution in [-0.2, 0) is 28.6 Å². The molecule has 0 aliphatic carbocycles. The van der Waals surface area contributed by atoms with Crippen LogP contribution in [0.4, 0.5) is 0 Å². The van der Waals surface area contributed by atoms with Crippen molar-refractivity contribution in [3.05, 3.63) is 109 Å². The first kappa shape index (κ1) is 69.1. The first-order valence-electron chi connectivity index (χ1n) is 30.4. The Labute approximate surface area is 450 Å². The van der Waals surface area contributed by atoms with Crippen LogP contribution in [0.1, 0.15) is 278 Å². The highest BCUT2D eigenvalue weighted by Crippen LogP contribution is 2.15. The molecule has 0 N–H and O–H groups in total. The van der Waals surface area contributed by atoms with Gasteiger partial charge in [-0.25, -0.2) is 0 Å². The minimum atomic E-state index is -0.780. The van der Waals surface area contributed by atoms with Crippen molar-refractivity contribution in [2.24, 2.45) is 0 Å². The first-order valence-corrected chi connectivity index (χ1v) is 30.4. The van der Waals surface area contributed by atoms with Crippen LogP contribution < -0.4 is 0 Å². The molecule has 0 aromatic rings. The quantitative estimate of drug-likeness (QED) is 0.0261. The second kappa shape index (κ2) is 60.6. The number of carbonyl (C=O) groups is 3. The molecule has 0 heterocycles. The van der Waals surface area contributed by atoms with Crippen LogP contribution in [-0.4, -0.2) is 37.2 Å². The lowest BCUT2D eigenvalue weighted by Crippen LogP contribution is -2.30. The number of allylic oxidation sites excluding steroid dienone is 18. The zero-order valence-electron chi connectivity index (χ0n) is 47.6. The van der Waals surface area contributed by atoms with Gasteiger partial charge in [-0.1, -0.05) is 259 Å². The van der Waals surface area contributed by atoms with Crippen LogP contribution >= 0.6 is 0 Å². The number of hydrogen-bond acceptors (Lipinski definition) is 6. The molecule has 0 amide bonds. The molecule has 1 unspecified atom stereocenters. The molecule has 0 aliphatic rings. The van der Waals surface area contributed by atoms with Crippen LogP contribution in [0.15, 0.2) is 109 Å². The van der Waals surface area contributed by atoms with Crippen molar-refractivity contribution in [3.8, 4) is 0 Å². The molecule has 0 fully saturated rings. The van der Waals surface area contributed by atoms with Crippen molar-refractivity contribution in [1.29, 1.82) is 0 Å². The fourth-order valence-electron chi connectivity index (χ4n) is 8.22. The van der Waals surface area contributed by atoms with Crippen molar-refractivity contribution in [2.45, 2.75) is 284 Å². The van der Waals surface area contributed by atoms with E-state index in [1.54, 1.807) is 0 Å². The molecule has 0 rings (SSSR count). The maximum atomic E-state index is 12.8. The Morgan fingerprint density at radius 2 is 0.534 bits per heavy atom. The minimum absolute atomic E-state index is 0.0803. The third-order valence-electron chi connectivity index (χ3n) is 12.8. The maximum absolute atomic E-state index is 12.8. The van der Waals surface area contributed by atoms with Crippen LogP contribution in [0.3, 0.4) is 0 Å². The molecular weight excluding hydrogens is 901 g/mol. The van der Waals surface area contributed by atoms with Gasteiger partial charge in [-0.05, 0) is 109 Å². The van der Waals surface area contributed by atoms with Gasteiger partial charge in [0.2, 0.25) is 0 Å². The van der Waals surface area contributed by atoms with Crippen LogP contribution in [0.2, 0.25) is 0 Å². The molecule has 1 atom stereocenters. The van der Waals surface area contributed by atoms with Gasteiger partial charge in [-0.3, -0.25) is 14.4 Å². The lowest BCUT2D eigenvalue weighted by atomic mass is 10.1. The molecule has 0 aliphatic heterocycles. The summed E-state index contributed by atoms with van der Waals surface area (Å²) < 4.78 is 16.8. The van der Waals surface area contributed by atoms with Crippen LogP contribution in [0.5, 0.6) is 0 Å². The monoisotopic (exact) mass is 1010 g/mol. The molecule has 73 heavy (non-hydrogen) atoms. The van der Waals surface area contributed by atoms with E-state index in [2.05, 4.69) is 130 Å². The van der Waals surface area contributed by atoms with Gasteiger partial charge < -0.3 is 14.2 Å². The summed E-state index contributed by atoms with van der Waals surface area (Å²) in [4.78, 5) is 37.9. The number of ether oxygens (including phenoxy) is 3. The van der Waals surface area contributed by atoms with E-state index >= 15 is 0 Å². The predicted octanol–water partition coefficient (Wildman–Crippen LogP) is 20.7. The van der Waals surface area contributed by atoms with Gasteiger partial charge in [-0.2, -0.15) is 0 Å². The van der Waals surface area contributed by atoms with Gasteiger partial charge in [0, 0.05) is 19.3 Å². The van der Waals surface area contributed by atoms with E-state index in [1.807, 2.05) is 0 Å².